The molecular formula is C15H23N6O16P3. The summed E-state index contributed by atoms with van der Waals surface area (Å²) < 4.78 is 58.6. The van der Waals surface area contributed by atoms with Gasteiger partial charge < -0.3 is 45.8 Å². The van der Waals surface area contributed by atoms with E-state index in [-0.39, 0.29) is 17.0 Å². The molecule has 1 aliphatic rings. The molecule has 2 aromatic rings. The van der Waals surface area contributed by atoms with E-state index in [1.54, 1.807) is 0 Å². The molecule has 0 spiro atoms. The Balaban J connectivity index is 1.57. The maximum atomic E-state index is 12.2. The number of carboxylic acid groups (broad SMARTS) is 1. The predicted octanol–water partition coefficient (Wildman–Crippen LogP) is -1.89. The normalized spacial score (nSPS) is 26.4. The Bertz CT molecular complexity index is 1410. The largest absolute Gasteiger partial charge is 0.538 e. The molecule has 10 N–H and O–H groups in total. The molecule has 3 rings (SSSR count). The summed E-state index contributed by atoms with van der Waals surface area (Å²) in [6, 6.07) is -1.53. The number of imidazole rings is 1. The second-order valence-electron chi connectivity index (χ2n) is 7.94. The summed E-state index contributed by atoms with van der Waals surface area (Å²) in [4.78, 5) is 62.7. The standard InChI is InChI=1S/C15H23N6O16P3/c16-6(15(25)26)1-2-8(22)35-39(29,30)37-40(31,32)36-38(27,28)33-3-7-10(23)11(24)14(34-7)21-5-20-9-12(17)18-4-19-13(9)21/h4-7,10-11,14,23-24H,1-3,16H2,(H,25,26)(H,27,28)(H,29,30)(H,31,32)(H2,17,18,19)/t6-,7-,10-,11+,14-/m1/s1. The van der Waals surface area contributed by atoms with Crippen LogP contribution in [0, 0.1) is 0 Å². The highest BCUT2D eigenvalue weighted by Crippen LogP contribution is 2.67. The van der Waals surface area contributed by atoms with Crippen LogP contribution in [-0.4, -0.2) is 92.4 Å². The lowest BCUT2D eigenvalue weighted by Gasteiger charge is -2.20. The van der Waals surface area contributed by atoms with E-state index in [9.17, 15) is 48.2 Å². The van der Waals surface area contributed by atoms with Crippen molar-refractivity contribution in [1.29, 1.82) is 0 Å². The minimum Gasteiger partial charge on any atom is -0.480 e. The van der Waals surface area contributed by atoms with E-state index in [1.807, 2.05) is 0 Å². The average molecular weight is 636 g/mol. The second-order valence-corrected chi connectivity index (χ2v) is 12.5. The van der Waals surface area contributed by atoms with Crippen LogP contribution in [0.5, 0.6) is 0 Å². The Labute approximate surface area is 222 Å². The first-order valence-corrected chi connectivity index (χ1v) is 15.1. The second kappa shape index (κ2) is 12.2. The van der Waals surface area contributed by atoms with Crippen LogP contribution in [0.3, 0.4) is 0 Å². The van der Waals surface area contributed by atoms with E-state index in [4.69, 9.17) is 21.3 Å². The van der Waals surface area contributed by atoms with Gasteiger partial charge in [-0.3, -0.25) is 23.6 Å². The molecule has 25 heteroatoms. The quantitative estimate of drug-likeness (QED) is 0.111. The molecule has 1 saturated heterocycles. The summed E-state index contributed by atoms with van der Waals surface area (Å²) >= 11 is 0. The number of phosphoric ester groups is 2. The molecule has 1 fully saturated rings. The lowest BCUT2D eigenvalue weighted by molar-refractivity contribution is -0.139. The van der Waals surface area contributed by atoms with E-state index < -0.39 is 85.4 Å². The number of aliphatic hydroxyl groups is 2. The molecule has 224 valence electrons. The summed E-state index contributed by atoms with van der Waals surface area (Å²) in [5, 5.41) is 29.3. The Morgan fingerprint density at radius 1 is 1.05 bits per heavy atom. The molecule has 3 heterocycles. The molecule has 1 aliphatic heterocycles. The fraction of sp³-hybridized carbons (Fsp3) is 0.533. The van der Waals surface area contributed by atoms with Crippen molar-refractivity contribution in [2.45, 2.75) is 43.4 Å². The molecule has 22 nitrogen and oxygen atoms in total. The summed E-state index contributed by atoms with van der Waals surface area (Å²) in [6.07, 6.45) is -5.38. The van der Waals surface area contributed by atoms with Crippen molar-refractivity contribution in [2.24, 2.45) is 5.73 Å². The molecule has 0 aliphatic carbocycles. The zero-order chi connectivity index (χ0) is 30.0. The summed E-state index contributed by atoms with van der Waals surface area (Å²) in [5.41, 5.74) is 11.1. The number of phosphoric acid groups is 3. The van der Waals surface area contributed by atoms with Crippen molar-refractivity contribution in [2.75, 3.05) is 12.3 Å². The van der Waals surface area contributed by atoms with Gasteiger partial charge in [-0.05, 0) is 6.42 Å². The number of ether oxygens (including phenoxy) is 1. The number of nitrogens with two attached hydrogens (primary N) is 2. The number of carbonyl (C=O) groups excluding carboxylic acids is 1. The highest BCUT2D eigenvalue weighted by atomic mass is 31.3. The topological polar surface area (TPSA) is 349 Å². The van der Waals surface area contributed by atoms with Gasteiger partial charge in [0.05, 0.1) is 12.9 Å². The number of carbonyl (C=O) groups is 2. The van der Waals surface area contributed by atoms with Crippen LogP contribution in [0.25, 0.3) is 11.2 Å². The highest BCUT2D eigenvalue weighted by Gasteiger charge is 2.47. The van der Waals surface area contributed by atoms with Crippen LogP contribution >= 0.6 is 23.5 Å². The number of fused-ring (bicyclic) bond motifs is 1. The number of nitrogens with zero attached hydrogens (tertiary/aromatic N) is 4. The maximum Gasteiger partial charge on any atom is 0.538 e. The molecule has 40 heavy (non-hydrogen) atoms. The van der Waals surface area contributed by atoms with Crippen LogP contribution < -0.4 is 11.5 Å². The van der Waals surface area contributed by atoms with Gasteiger partial charge in [0.2, 0.25) is 0 Å². The molecule has 0 radical (unpaired) electrons. The van der Waals surface area contributed by atoms with Crippen molar-refractivity contribution < 1.29 is 75.7 Å². The van der Waals surface area contributed by atoms with Crippen LogP contribution in [-0.2, 0) is 45.7 Å². The predicted molar refractivity (Wildman–Crippen MR) is 124 cm³/mol. The van der Waals surface area contributed by atoms with E-state index in [1.165, 1.54) is 10.9 Å². The number of rotatable bonds is 13. The van der Waals surface area contributed by atoms with Gasteiger partial charge in [-0.1, -0.05) is 0 Å². The first kappa shape index (κ1) is 32.1. The number of hydrogen-bond donors (Lipinski definition) is 8. The highest BCUT2D eigenvalue weighted by molar-refractivity contribution is 7.67. The Morgan fingerprint density at radius 3 is 2.35 bits per heavy atom. The van der Waals surface area contributed by atoms with Crippen LogP contribution in [0.1, 0.15) is 19.1 Å². The van der Waals surface area contributed by atoms with Crippen molar-refractivity contribution in [3.63, 3.8) is 0 Å². The first-order valence-electron chi connectivity index (χ1n) is 10.6. The molecule has 0 amide bonds. The third-order valence-corrected chi connectivity index (χ3v) is 9.22. The number of hydrogen-bond acceptors (Lipinski definition) is 17. The first-order chi connectivity index (χ1) is 18.4. The minimum absolute atomic E-state index is 0.00951. The van der Waals surface area contributed by atoms with Gasteiger partial charge in [0.1, 0.15) is 36.2 Å². The smallest absolute Gasteiger partial charge is 0.480 e. The number of aliphatic hydroxyl groups excluding tert-OH is 2. The van der Waals surface area contributed by atoms with Gasteiger partial charge >= 0.3 is 35.4 Å². The number of anilines is 1. The molecule has 0 saturated carbocycles. The fourth-order valence-corrected chi connectivity index (χ4v) is 6.69. The number of carboxylic acids is 1. The molecule has 3 unspecified atom stereocenters. The zero-order valence-corrected chi connectivity index (χ0v) is 22.4. The van der Waals surface area contributed by atoms with Gasteiger partial charge in [-0.25, -0.2) is 28.6 Å². The molecule has 0 bridgehead atoms. The van der Waals surface area contributed by atoms with Crippen molar-refractivity contribution in [1.82, 2.24) is 19.5 Å². The molecule has 8 atom stereocenters. The third-order valence-electron chi connectivity index (χ3n) is 5.01. The lowest BCUT2D eigenvalue weighted by atomic mass is 10.1. The fourth-order valence-electron chi connectivity index (χ4n) is 3.21. The van der Waals surface area contributed by atoms with Crippen molar-refractivity contribution in [3.8, 4) is 0 Å². The molecular weight excluding hydrogens is 613 g/mol. The van der Waals surface area contributed by atoms with Gasteiger partial charge in [-0.2, -0.15) is 8.62 Å². The monoisotopic (exact) mass is 636 g/mol. The summed E-state index contributed by atoms with van der Waals surface area (Å²) in [7, 11) is -17.3. The van der Waals surface area contributed by atoms with E-state index in [0.29, 0.717) is 0 Å². The Morgan fingerprint density at radius 2 is 1.70 bits per heavy atom. The van der Waals surface area contributed by atoms with Crippen LogP contribution in [0.15, 0.2) is 12.7 Å². The third kappa shape index (κ3) is 8.08. The lowest BCUT2D eigenvalue weighted by Crippen LogP contribution is -2.33. The van der Waals surface area contributed by atoms with E-state index >= 15 is 0 Å². The van der Waals surface area contributed by atoms with Gasteiger partial charge in [0, 0.05) is 6.42 Å². The van der Waals surface area contributed by atoms with Crippen LogP contribution in [0.4, 0.5) is 5.82 Å². The SMILES string of the molecule is Nc1ncnc2c1ncn2[C@@H]1O[C@H](COP(=O)(O)OP(=O)(O)OP(=O)(O)OC(=O)CC[C@@H](N)C(=O)O)[C@@H](O)[C@@H]1O. The number of aromatic nitrogens is 4. The van der Waals surface area contributed by atoms with E-state index in [2.05, 4.69) is 32.6 Å². The molecule has 0 aromatic carbocycles. The summed E-state index contributed by atoms with van der Waals surface area (Å²) in [6.45, 7) is -1.04. The molecule has 2 aromatic heterocycles. The van der Waals surface area contributed by atoms with Crippen molar-refractivity contribution >= 4 is 52.4 Å². The number of nitrogen functional groups attached to an aromatic ring is 1. The maximum absolute atomic E-state index is 12.2. The summed E-state index contributed by atoms with van der Waals surface area (Å²) in [5.74, 6) is -3.04. The zero-order valence-electron chi connectivity index (χ0n) is 19.7. The minimum atomic E-state index is -5.96. The van der Waals surface area contributed by atoms with Gasteiger partial charge in [0.15, 0.2) is 17.7 Å². The Hall–Kier alpha value is -2.42. The average Bonchev–Trinajstić information content (AvgIpc) is 3.36. The van der Waals surface area contributed by atoms with Gasteiger partial charge in [-0.15, -0.1) is 0 Å². The van der Waals surface area contributed by atoms with Crippen LogP contribution in [0.2, 0.25) is 0 Å². The number of aliphatic carboxylic acids is 1. The van der Waals surface area contributed by atoms with E-state index in [0.717, 1.165) is 6.33 Å². The Kier molecular flexibility index (Phi) is 9.80. The van der Waals surface area contributed by atoms with Gasteiger partial charge in [0.25, 0.3) is 0 Å². The van der Waals surface area contributed by atoms with Crippen molar-refractivity contribution in [3.05, 3.63) is 12.7 Å².